The highest BCUT2D eigenvalue weighted by molar-refractivity contribution is 6.18. The smallest absolute Gasteiger partial charge is 0.248 e. The molecule has 94 valence electrons. The Morgan fingerprint density at radius 2 is 2.17 bits per heavy atom. The topological polar surface area (TPSA) is 48.0 Å². The number of nitrogens with zero attached hydrogens (tertiary/aromatic N) is 1. The Balaban J connectivity index is 2.55. The first kappa shape index (κ1) is 12.4. The number of carbonyl (C=O) groups is 1. The Labute approximate surface area is 107 Å². The van der Waals surface area contributed by atoms with Crippen LogP contribution in [0, 0.1) is 0 Å². The van der Waals surface area contributed by atoms with Gasteiger partial charge in [0.05, 0.1) is 0 Å². The van der Waals surface area contributed by atoms with Crippen LogP contribution in [0.25, 0.3) is 16.5 Å². The third-order valence-electron chi connectivity index (χ3n) is 3.43. The van der Waals surface area contributed by atoms with Crippen LogP contribution < -0.4 is 5.73 Å². The van der Waals surface area contributed by atoms with Crippen molar-refractivity contribution in [2.75, 3.05) is 0 Å². The number of nitrogens with two attached hydrogens (primary N) is 1. The molecule has 3 nitrogen and oxygen atoms in total. The summed E-state index contributed by atoms with van der Waals surface area (Å²) < 4.78 is 2.22. The molecular weight excluding hydrogens is 224 g/mol. The minimum Gasteiger partial charge on any atom is -0.366 e. The van der Waals surface area contributed by atoms with E-state index in [0.717, 1.165) is 22.9 Å². The maximum atomic E-state index is 11.2. The largest absolute Gasteiger partial charge is 0.366 e. The molecule has 1 aromatic heterocycles. The molecule has 0 aliphatic heterocycles. The normalized spacial score (nSPS) is 12.6. The zero-order valence-corrected chi connectivity index (χ0v) is 10.8. The van der Waals surface area contributed by atoms with Crippen molar-refractivity contribution in [2.45, 2.75) is 26.3 Å². The van der Waals surface area contributed by atoms with E-state index in [1.165, 1.54) is 0 Å². The van der Waals surface area contributed by atoms with E-state index < -0.39 is 5.91 Å². The van der Waals surface area contributed by atoms with Crippen LogP contribution in [0.2, 0.25) is 0 Å². The van der Waals surface area contributed by atoms with Crippen molar-refractivity contribution < 1.29 is 4.79 Å². The Hall–Kier alpha value is -2.03. The molecule has 2 rings (SSSR count). The number of rotatable bonds is 4. The van der Waals surface area contributed by atoms with E-state index in [2.05, 4.69) is 37.3 Å². The maximum Gasteiger partial charge on any atom is 0.248 e. The first-order valence-electron chi connectivity index (χ1n) is 6.14. The van der Waals surface area contributed by atoms with Gasteiger partial charge in [0.1, 0.15) is 0 Å². The number of primary amides is 1. The number of amides is 1. The molecule has 2 aromatic rings. The fourth-order valence-electron chi connectivity index (χ4n) is 2.06. The summed E-state index contributed by atoms with van der Waals surface area (Å²) in [7, 11) is 0. The van der Waals surface area contributed by atoms with Gasteiger partial charge in [-0.3, -0.25) is 4.79 Å². The zero-order chi connectivity index (χ0) is 13.3. The van der Waals surface area contributed by atoms with Crippen molar-refractivity contribution in [3.8, 4) is 0 Å². The number of hydrogen-bond acceptors (Lipinski definition) is 1. The van der Waals surface area contributed by atoms with E-state index in [9.17, 15) is 4.79 Å². The molecule has 0 spiro atoms. The van der Waals surface area contributed by atoms with Gasteiger partial charge in [0.25, 0.3) is 0 Å². The first-order valence-corrected chi connectivity index (χ1v) is 6.14. The molecule has 0 radical (unpaired) electrons. The minimum atomic E-state index is -0.476. The van der Waals surface area contributed by atoms with Crippen LogP contribution in [0.4, 0.5) is 0 Å². The standard InChI is InChI=1S/C15H18N2O/c1-4-10(2)17-8-7-12-5-6-13(9-14(12)17)11(3)15(16)18/h5-10H,3-4H2,1-2H3,(H2,16,18). The van der Waals surface area contributed by atoms with Crippen molar-refractivity contribution in [3.63, 3.8) is 0 Å². The van der Waals surface area contributed by atoms with E-state index in [0.29, 0.717) is 11.6 Å². The van der Waals surface area contributed by atoms with E-state index in [-0.39, 0.29) is 0 Å². The third kappa shape index (κ3) is 2.04. The Morgan fingerprint density at radius 3 is 2.78 bits per heavy atom. The van der Waals surface area contributed by atoms with E-state index in [1.54, 1.807) is 0 Å². The fourth-order valence-corrected chi connectivity index (χ4v) is 2.06. The number of aromatic nitrogens is 1. The van der Waals surface area contributed by atoms with Crippen molar-refractivity contribution in [3.05, 3.63) is 42.6 Å². The summed E-state index contributed by atoms with van der Waals surface area (Å²) in [6, 6.07) is 8.38. The summed E-state index contributed by atoms with van der Waals surface area (Å²) in [4.78, 5) is 11.2. The monoisotopic (exact) mass is 242 g/mol. The van der Waals surface area contributed by atoms with Gasteiger partial charge in [0, 0.05) is 23.3 Å². The van der Waals surface area contributed by atoms with Gasteiger partial charge in [0.2, 0.25) is 5.91 Å². The van der Waals surface area contributed by atoms with Crippen LogP contribution in [-0.2, 0) is 4.79 Å². The van der Waals surface area contributed by atoms with Gasteiger partial charge in [-0.15, -0.1) is 0 Å². The molecule has 18 heavy (non-hydrogen) atoms. The van der Waals surface area contributed by atoms with E-state index in [4.69, 9.17) is 5.73 Å². The highest BCUT2D eigenvalue weighted by Crippen LogP contribution is 2.25. The summed E-state index contributed by atoms with van der Waals surface area (Å²) in [6.07, 6.45) is 3.14. The molecule has 1 aromatic carbocycles. The SMILES string of the molecule is C=C(C(N)=O)c1ccc2ccn(C(C)CC)c2c1. The van der Waals surface area contributed by atoms with E-state index >= 15 is 0 Å². The van der Waals surface area contributed by atoms with Crippen LogP contribution in [-0.4, -0.2) is 10.5 Å². The summed E-state index contributed by atoms with van der Waals surface area (Å²) in [5.41, 5.74) is 7.53. The summed E-state index contributed by atoms with van der Waals surface area (Å²) in [6.45, 7) is 8.06. The molecule has 0 saturated carbocycles. The van der Waals surface area contributed by atoms with Crippen LogP contribution in [0.3, 0.4) is 0 Å². The fraction of sp³-hybridized carbons (Fsp3) is 0.267. The lowest BCUT2D eigenvalue weighted by molar-refractivity contribution is -0.112. The minimum absolute atomic E-state index is 0.355. The van der Waals surface area contributed by atoms with Crippen LogP contribution in [0.15, 0.2) is 37.0 Å². The predicted molar refractivity (Wildman–Crippen MR) is 75.2 cm³/mol. The average molecular weight is 242 g/mol. The quantitative estimate of drug-likeness (QED) is 0.823. The van der Waals surface area contributed by atoms with E-state index in [1.807, 2.05) is 18.2 Å². The molecule has 0 fully saturated rings. The molecule has 0 aliphatic rings. The van der Waals surface area contributed by atoms with Gasteiger partial charge in [-0.25, -0.2) is 0 Å². The van der Waals surface area contributed by atoms with Crippen molar-refractivity contribution in [2.24, 2.45) is 5.73 Å². The number of hydrogen-bond donors (Lipinski definition) is 1. The third-order valence-corrected chi connectivity index (χ3v) is 3.43. The van der Waals surface area contributed by atoms with Gasteiger partial charge in [-0.05, 0) is 36.4 Å². The Kier molecular flexibility index (Phi) is 3.24. The van der Waals surface area contributed by atoms with Crippen LogP contribution >= 0.6 is 0 Å². The summed E-state index contributed by atoms with van der Waals surface area (Å²) in [5.74, 6) is -0.476. The first-order chi connectivity index (χ1) is 8.54. The lowest BCUT2D eigenvalue weighted by atomic mass is 10.1. The molecule has 2 N–H and O–H groups in total. The van der Waals surface area contributed by atoms with Crippen molar-refractivity contribution >= 4 is 22.4 Å². The number of fused-ring (bicyclic) bond motifs is 1. The lowest BCUT2D eigenvalue weighted by Gasteiger charge is -2.13. The predicted octanol–water partition coefficient (Wildman–Crippen LogP) is 3.11. The highest BCUT2D eigenvalue weighted by atomic mass is 16.1. The summed E-state index contributed by atoms with van der Waals surface area (Å²) >= 11 is 0. The molecule has 0 saturated heterocycles. The van der Waals surface area contributed by atoms with Crippen molar-refractivity contribution in [1.29, 1.82) is 0 Å². The second-order valence-corrected chi connectivity index (χ2v) is 4.60. The van der Waals surface area contributed by atoms with Gasteiger partial charge >= 0.3 is 0 Å². The second kappa shape index (κ2) is 4.69. The maximum absolute atomic E-state index is 11.2. The number of carbonyl (C=O) groups excluding carboxylic acids is 1. The van der Waals surface area contributed by atoms with Gasteiger partial charge in [-0.2, -0.15) is 0 Å². The van der Waals surface area contributed by atoms with Gasteiger partial charge in [0.15, 0.2) is 0 Å². The lowest BCUT2D eigenvalue weighted by Crippen LogP contribution is -2.12. The molecule has 3 heteroatoms. The molecule has 0 aliphatic carbocycles. The van der Waals surface area contributed by atoms with Gasteiger partial charge in [-0.1, -0.05) is 25.6 Å². The molecule has 1 heterocycles. The molecule has 1 amide bonds. The average Bonchev–Trinajstić information content (AvgIpc) is 2.79. The molecule has 1 atom stereocenters. The Bertz CT molecular complexity index is 610. The van der Waals surface area contributed by atoms with Crippen molar-refractivity contribution in [1.82, 2.24) is 4.57 Å². The highest BCUT2D eigenvalue weighted by Gasteiger charge is 2.10. The summed E-state index contributed by atoms with van der Waals surface area (Å²) in [5, 5.41) is 1.16. The second-order valence-electron chi connectivity index (χ2n) is 4.60. The van der Waals surface area contributed by atoms with Crippen LogP contribution in [0.5, 0.6) is 0 Å². The zero-order valence-electron chi connectivity index (χ0n) is 10.8. The molecular formula is C15H18N2O. The van der Waals surface area contributed by atoms with Gasteiger partial charge < -0.3 is 10.3 Å². The Morgan fingerprint density at radius 1 is 1.44 bits per heavy atom. The molecule has 0 bridgehead atoms. The molecule has 1 unspecified atom stereocenters. The number of benzene rings is 1. The van der Waals surface area contributed by atoms with Crippen LogP contribution in [0.1, 0.15) is 31.9 Å².